The maximum absolute atomic E-state index is 8.88. The Kier molecular flexibility index (Phi) is 1.94. The first-order chi connectivity index (χ1) is 8.39. The Labute approximate surface area is 106 Å². The highest BCUT2D eigenvalue weighted by atomic mass is 15.3. The van der Waals surface area contributed by atoms with Gasteiger partial charge in [0.15, 0.2) is 5.65 Å². The summed E-state index contributed by atoms with van der Waals surface area (Å²) in [6.07, 6.45) is 1.90. The Hall–Kier alpha value is -1.89. The number of fused-ring (bicyclic) bond motifs is 1. The summed E-state index contributed by atoms with van der Waals surface area (Å²) in [4.78, 5) is 0. The van der Waals surface area contributed by atoms with Crippen molar-refractivity contribution in [3.05, 3.63) is 29.7 Å². The van der Waals surface area contributed by atoms with E-state index in [1.165, 1.54) is 0 Å². The molecule has 0 atom stereocenters. The third-order valence-corrected chi connectivity index (χ3v) is 4.84. The normalized spacial score (nSPS) is 20.8. The van der Waals surface area contributed by atoms with Gasteiger partial charge in [-0.05, 0) is 16.9 Å². The van der Waals surface area contributed by atoms with Gasteiger partial charge in [-0.3, -0.25) is 4.40 Å². The highest BCUT2D eigenvalue weighted by Gasteiger charge is 2.67. The van der Waals surface area contributed by atoms with Crippen LogP contribution in [0.15, 0.2) is 18.3 Å². The van der Waals surface area contributed by atoms with E-state index in [-0.39, 0.29) is 10.8 Å². The summed E-state index contributed by atoms with van der Waals surface area (Å²) in [5.74, 6) is 1.41. The number of hydrogen-bond acceptors (Lipinski definition) is 3. The van der Waals surface area contributed by atoms with Crippen LogP contribution < -0.4 is 0 Å². The minimum atomic E-state index is 0.240. The van der Waals surface area contributed by atoms with Gasteiger partial charge in [0, 0.05) is 18.2 Å². The third kappa shape index (κ3) is 1.19. The Morgan fingerprint density at radius 3 is 2.44 bits per heavy atom. The first-order valence-electron chi connectivity index (χ1n) is 6.14. The van der Waals surface area contributed by atoms with Crippen LogP contribution in [0.25, 0.3) is 5.65 Å². The van der Waals surface area contributed by atoms with Crippen LogP contribution >= 0.6 is 0 Å². The zero-order valence-electron chi connectivity index (χ0n) is 11.1. The van der Waals surface area contributed by atoms with Crippen LogP contribution in [0.5, 0.6) is 0 Å². The molecule has 0 amide bonds. The third-order valence-electron chi connectivity index (χ3n) is 4.84. The van der Waals surface area contributed by atoms with E-state index >= 15 is 0 Å². The summed E-state index contributed by atoms with van der Waals surface area (Å²) < 4.78 is 2.00. The highest BCUT2D eigenvalue weighted by Crippen LogP contribution is 2.73. The van der Waals surface area contributed by atoms with E-state index in [2.05, 4.69) is 44.0 Å². The monoisotopic (exact) mass is 240 g/mol. The van der Waals surface area contributed by atoms with E-state index < -0.39 is 0 Å². The van der Waals surface area contributed by atoms with Crippen molar-refractivity contribution in [2.75, 3.05) is 0 Å². The summed E-state index contributed by atoms with van der Waals surface area (Å²) in [6, 6.07) is 5.71. The second kappa shape index (κ2) is 3.11. The van der Waals surface area contributed by atoms with Crippen molar-refractivity contribution in [1.29, 1.82) is 5.26 Å². The van der Waals surface area contributed by atoms with E-state index in [1.807, 2.05) is 16.7 Å². The minimum Gasteiger partial charge on any atom is -0.286 e. The van der Waals surface area contributed by atoms with E-state index in [0.29, 0.717) is 11.5 Å². The fraction of sp³-hybridized carbons (Fsp3) is 0.500. The maximum atomic E-state index is 8.88. The molecule has 2 aromatic heterocycles. The quantitative estimate of drug-likeness (QED) is 0.770. The number of aromatic nitrogens is 3. The molecule has 4 nitrogen and oxygen atoms in total. The van der Waals surface area contributed by atoms with Crippen LogP contribution in [0.3, 0.4) is 0 Å². The van der Waals surface area contributed by atoms with Crippen molar-refractivity contribution in [2.45, 2.75) is 33.6 Å². The van der Waals surface area contributed by atoms with E-state index in [1.54, 1.807) is 6.07 Å². The molecule has 18 heavy (non-hydrogen) atoms. The molecule has 0 spiro atoms. The Morgan fingerprint density at radius 1 is 1.22 bits per heavy atom. The van der Waals surface area contributed by atoms with Gasteiger partial charge in [0.25, 0.3) is 0 Å². The highest BCUT2D eigenvalue weighted by molar-refractivity contribution is 5.47. The van der Waals surface area contributed by atoms with Crippen molar-refractivity contribution in [3.8, 4) is 6.07 Å². The molecule has 0 N–H and O–H groups in total. The molecule has 2 aromatic rings. The zero-order valence-corrected chi connectivity index (χ0v) is 11.1. The van der Waals surface area contributed by atoms with Crippen LogP contribution in [0, 0.1) is 22.2 Å². The van der Waals surface area contributed by atoms with Gasteiger partial charge < -0.3 is 0 Å². The van der Waals surface area contributed by atoms with E-state index in [9.17, 15) is 0 Å². The van der Waals surface area contributed by atoms with Crippen LogP contribution in [-0.4, -0.2) is 14.6 Å². The summed E-state index contributed by atoms with van der Waals surface area (Å²) in [5, 5.41) is 17.4. The molecule has 0 radical (unpaired) electrons. The van der Waals surface area contributed by atoms with Crippen LogP contribution in [0.1, 0.15) is 45.0 Å². The molecule has 3 rings (SSSR count). The fourth-order valence-corrected chi connectivity index (χ4v) is 3.02. The molecule has 0 bridgehead atoms. The lowest BCUT2D eigenvalue weighted by Gasteiger charge is -2.03. The molecule has 4 heteroatoms. The standard InChI is InChI=1S/C14H16N4/c1-13(2)11(14(13,3)4)12-17-16-10-7-9(8-15)5-6-18(10)12/h5-7,11H,1-4H3. The second-order valence-corrected chi connectivity index (χ2v) is 6.19. The number of nitrogens with zero attached hydrogens (tertiary/aromatic N) is 4. The number of rotatable bonds is 1. The van der Waals surface area contributed by atoms with Crippen molar-refractivity contribution >= 4 is 5.65 Å². The average molecular weight is 240 g/mol. The van der Waals surface area contributed by atoms with Gasteiger partial charge in [0.2, 0.25) is 0 Å². The first-order valence-corrected chi connectivity index (χ1v) is 6.14. The molecule has 0 aliphatic heterocycles. The van der Waals surface area contributed by atoms with Crippen molar-refractivity contribution in [2.24, 2.45) is 10.8 Å². The number of nitriles is 1. The van der Waals surface area contributed by atoms with E-state index in [4.69, 9.17) is 5.26 Å². The molecule has 2 heterocycles. The summed E-state index contributed by atoms with van der Waals surface area (Å²) in [6.45, 7) is 9.07. The topological polar surface area (TPSA) is 54.0 Å². The Bertz CT molecular complexity index is 659. The summed E-state index contributed by atoms with van der Waals surface area (Å²) in [5.41, 5.74) is 1.85. The zero-order chi connectivity index (χ0) is 13.1. The molecular weight excluding hydrogens is 224 g/mol. The van der Waals surface area contributed by atoms with Gasteiger partial charge in [-0.25, -0.2) is 0 Å². The number of hydrogen-bond donors (Lipinski definition) is 0. The first kappa shape index (κ1) is 11.2. The van der Waals surface area contributed by atoms with Gasteiger partial charge in [0.05, 0.1) is 11.6 Å². The maximum Gasteiger partial charge on any atom is 0.162 e. The van der Waals surface area contributed by atoms with Gasteiger partial charge in [-0.15, -0.1) is 10.2 Å². The van der Waals surface area contributed by atoms with Gasteiger partial charge in [0.1, 0.15) is 5.82 Å². The molecule has 0 unspecified atom stereocenters. The van der Waals surface area contributed by atoms with Crippen LogP contribution in [0.4, 0.5) is 0 Å². The lowest BCUT2D eigenvalue weighted by atomic mass is 10.0. The molecule has 92 valence electrons. The molecular formula is C14H16N4. The Balaban J connectivity index is 2.14. The molecule has 1 fully saturated rings. The molecule has 1 aliphatic carbocycles. The second-order valence-electron chi connectivity index (χ2n) is 6.19. The van der Waals surface area contributed by atoms with Gasteiger partial charge >= 0.3 is 0 Å². The van der Waals surface area contributed by atoms with E-state index in [0.717, 1.165) is 11.5 Å². The smallest absolute Gasteiger partial charge is 0.162 e. The van der Waals surface area contributed by atoms with Crippen LogP contribution in [0.2, 0.25) is 0 Å². The Morgan fingerprint density at radius 2 is 1.89 bits per heavy atom. The predicted molar refractivity (Wildman–Crippen MR) is 68.0 cm³/mol. The number of pyridine rings is 1. The molecule has 1 saturated carbocycles. The largest absolute Gasteiger partial charge is 0.286 e. The molecule has 0 saturated heterocycles. The lowest BCUT2D eigenvalue weighted by molar-refractivity contribution is 0.457. The molecule has 0 aromatic carbocycles. The van der Waals surface area contributed by atoms with Crippen LogP contribution in [-0.2, 0) is 0 Å². The van der Waals surface area contributed by atoms with Crippen molar-refractivity contribution < 1.29 is 0 Å². The SMILES string of the molecule is CC1(C)C(c2nnc3cc(C#N)ccn23)C1(C)C. The van der Waals surface area contributed by atoms with Gasteiger partial charge in [-0.2, -0.15) is 5.26 Å². The predicted octanol–water partition coefficient (Wildman–Crippen LogP) is 2.75. The summed E-state index contributed by atoms with van der Waals surface area (Å²) >= 11 is 0. The summed E-state index contributed by atoms with van der Waals surface area (Å²) in [7, 11) is 0. The fourth-order valence-electron chi connectivity index (χ4n) is 3.02. The lowest BCUT2D eigenvalue weighted by Crippen LogP contribution is -1.97. The average Bonchev–Trinajstić information content (AvgIpc) is 2.66. The van der Waals surface area contributed by atoms with Crippen molar-refractivity contribution in [1.82, 2.24) is 14.6 Å². The van der Waals surface area contributed by atoms with Gasteiger partial charge in [-0.1, -0.05) is 27.7 Å². The van der Waals surface area contributed by atoms with Crippen molar-refractivity contribution in [3.63, 3.8) is 0 Å². The minimum absolute atomic E-state index is 0.240. The molecule has 1 aliphatic rings.